The van der Waals surface area contributed by atoms with Crippen LogP contribution in [0.15, 0.2) is 42.5 Å². The highest BCUT2D eigenvalue weighted by Crippen LogP contribution is 2.57. The van der Waals surface area contributed by atoms with Gasteiger partial charge in [0.2, 0.25) is 0 Å². The lowest BCUT2D eigenvalue weighted by atomic mass is 9.77. The van der Waals surface area contributed by atoms with E-state index < -0.39 is 17.6 Å². The van der Waals surface area contributed by atoms with E-state index in [9.17, 15) is 14.7 Å². The molecule has 2 aliphatic heterocycles. The van der Waals surface area contributed by atoms with E-state index in [0.29, 0.717) is 37.4 Å². The molecular formula is C27H31N5O4. The molecule has 1 aromatic heterocycles. The van der Waals surface area contributed by atoms with Gasteiger partial charge in [-0.1, -0.05) is 18.2 Å². The number of para-hydroxylation sites is 1. The summed E-state index contributed by atoms with van der Waals surface area (Å²) in [6.07, 6.45) is 2.33. The molecule has 3 heterocycles. The van der Waals surface area contributed by atoms with E-state index in [4.69, 9.17) is 21.9 Å². The van der Waals surface area contributed by atoms with Crippen LogP contribution in [0.1, 0.15) is 58.4 Å². The van der Waals surface area contributed by atoms with Crippen LogP contribution >= 0.6 is 0 Å². The number of piperidine rings is 1. The molecule has 36 heavy (non-hydrogen) atoms. The fourth-order valence-corrected chi connectivity index (χ4v) is 6.53. The predicted molar refractivity (Wildman–Crippen MR) is 135 cm³/mol. The van der Waals surface area contributed by atoms with Gasteiger partial charge >= 0.3 is 5.97 Å². The van der Waals surface area contributed by atoms with Crippen LogP contribution in [0.5, 0.6) is 5.75 Å². The number of carbonyl (C=O) groups is 2. The van der Waals surface area contributed by atoms with E-state index in [1.807, 2.05) is 36.4 Å². The van der Waals surface area contributed by atoms with E-state index in [2.05, 4.69) is 0 Å². The van der Waals surface area contributed by atoms with Gasteiger partial charge in [0.05, 0.1) is 12.1 Å². The number of aliphatic carboxylic acids is 1. The molecule has 0 spiro atoms. The Morgan fingerprint density at radius 1 is 1.17 bits per heavy atom. The number of carboxylic acids is 1. The Morgan fingerprint density at radius 3 is 2.75 bits per heavy atom. The first-order chi connectivity index (χ1) is 17.3. The quantitative estimate of drug-likeness (QED) is 0.438. The minimum absolute atomic E-state index is 0.0220. The van der Waals surface area contributed by atoms with Crippen molar-refractivity contribution in [2.75, 3.05) is 19.7 Å². The van der Waals surface area contributed by atoms with Gasteiger partial charge in [-0.3, -0.25) is 9.59 Å². The molecule has 7 N–H and O–H groups in total. The van der Waals surface area contributed by atoms with Crippen molar-refractivity contribution >= 4 is 22.8 Å². The van der Waals surface area contributed by atoms with Gasteiger partial charge in [0.15, 0.2) is 0 Å². The van der Waals surface area contributed by atoms with Gasteiger partial charge < -0.3 is 36.5 Å². The summed E-state index contributed by atoms with van der Waals surface area (Å²) in [6.45, 7) is 1.39. The minimum atomic E-state index is -0.937. The van der Waals surface area contributed by atoms with Crippen molar-refractivity contribution < 1.29 is 19.4 Å². The van der Waals surface area contributed by atoms with Gasteiger partial charge in [-0.2, -0.15) is 0 Å². The molecule has 6 rings (SSSR count). The Labute approximate surface area is 208 Å². The fourth-order valence-electron chi connectivity index (χ4n) is 6.53. The van der Waals surface area contributed by atoms with E-state index in [-0.39, 0.29) is 24.4 Å². The normalized spacial score (nSPS) is 27.1. The highest BCUT2D eigenvalue weighted by Gasteiger charge is 2.54. The summed E-state index contributed by atoms with van der Waals surface area (Å²) < 4.78 is 7.84. The second-order valence-electron chi connectivity index (χ2n) is 10.3. The molecule has 0 saturated carbocycles. The number of likely N-dealkylation sites (tertiary alicyclic amines) is 1. The standard InChI is InChI=1S/C27H31N5O4/c28-17-5-3-8-31(13-17)26(35)16-10-18-23-21(12-16)36-9-7-27(23,30)24(25(18)29)20-11-15-4-1-2-6-19(15)32(20)14-22(33)34/h1-2,4,6,10-12,17,24-25H,3,5,7-9,13-14,28-30H2,(H,33,34)/t17-,24-,25+,27+/m1/s1. The maximum atomic E-state index is 13.4. The predicted octanol–water partition coefficient (Wildman–Crippen LogP) is 2.02. The number of aromatic nitrogens is 1. The van der Waals surface area contributed by atoms with Crippen molar-refractivity contribution in [3.05, 3.63) is 64.8 Å². The number of rotatable bonds is 4. The average molecular weight is 490 g/mol. The van der Waals surface area contributed by atoms with Gasteiger partial charge in [-0.25, -0.2) is 0 Å². The van der Waals surface area contributed by atoms with Gasteiger partial charge in [0, 0.05) is 59.8 Å². The van der Waals surface area contributed by atoms with Gasteiger partial charge in [0.1, 0.15) is 12.3 Å². The van der Waals surface area contributed by atoms with E-state index in [0.717, 1.165) is 40.6 Å². The Hall–Kier alpha value is -3.40. The molecule has 1 fully saturated rings. The first-order valence-electron chi connectivity index (χ1n) is 12.5. The zero-order chi connectivity index (χ0) is 25.2. The second kappa shape index (κ2) is 8.33. The molecule has 1 saturated heterocycles. The van der Waals surface area contributed by atoms with Crippen LogP contribution in [0.3, 0.4) is 0 Å². The summed E-state index contributed by atoms with van der Waals surface area (Å²) >= 11 is 0. The van der Waals surface area contributed by atoms with Crippen LogP contribution in [0.2, 0.25) is 0 Å². The third-order valence-corrected chi connectivity index (χ3v) is 8.09. The van der Waals surface area contributed by atoms with Crippen LogP contribution in [0.25, 0.3) is 10.9 Å². The van der Waals surface area contributed by atoms with Crippen LogP contribution < -0.4 is 21.9 Å². The number of hydrogen-bond donors (Lipinski definition) is 4. The lowest BCUT2D eigenvalue weighted by Crippen LogP contribution is -2.46. The van der Waals surface area contributed by atoms with Crippen LogP contribution in [-0.4, -0.2) is 52.2 Å². The molecule has 9 heteroatoms. The number of ether oxygens (including phenoxy) is 1. The lowest BCUT2D eigenvalue weighted by molar-refractivity contribution is -0.137. The molecule has 0 unspecified atom stereocenters. The number of benzene rings is 2. The van der Waals surface area contributed by atoms with Crippen LogP contribution in [0.4, 0.5) is 0 Å². The molecule has 188 valence electrons. The van der Waals surface area contributed by atoms with Gasteiger partial charge in [0.25, 0.3) is 5.91 Å². The molecule has 1 amide bonds. The SMILES string of the molecule is N[C@@H]1CCCN(C(=O)c2cc3c4c(c2)[C@H](N)[C@@H](c2cc5ccccc5n2CC(=O)O)[C@]4(N)CCO3)C1. The highest BCUT2D eigenvalue weighted by molar-refractivity contribution is 5.95. The molecule has 1 aliphatic carbocycles. The molecule has 0 bridgehead atoms. The average Bonchev–Trinajstić information content (AvgIpc) is 3.30. The summed E-state index contributed by atoms with van der Waals surface area (Å²) in [4.78, 5) is 27.0. The van der Waals surface area contributed by atoms with E-state index in [1.54, 1.807) is 15.5 Å². The number of carbonyl (C=O) groups excluding carboxylic acids is 1. The minimum Gasteiger partial charge on any atom is -0.493 e. The van der Waals surface area contributed by atoms with Crippen molar-refractivity contribution in [3.63, 3.8) is 0 Å². The van der Waals surface area contributed by atoms with Gasteiger partial charge in [-0.15, -0.1) is 0 Å². The van der Waals surface area contributed by atoms with Crippen molar-refractivity contribution in [2.45, 2.75) is 49.3 Å². The maximum absolute atomic E-state index is 13.4. The first kappa shape index (κ1) is 23.0. The Bertz CT molecular complexity index is 1380. The molecule has 9 nitrogen and oxygen atoms in total. The van der Waals surface area contributed by atoms with Crippen LogP contribution in [-0.2, 0) is 16.9 Å². The molecule has 3 aromatic rings. The fraction of sp³-hybridized carbons (Fsp3) is 0.407. The van der Waals surface area contributed by atoms with E-state index >= 15 is 0 Å². The third kappa shape index (κ3) is 3.42. The van der Waals surface area contributed by atoms with Crippen molar-refractivity contribution in [2.24, 2.45) is 17.2 Å². The number of hydrogen-bond acceptors (Lipinski definition) is 6. The monoisotopic (exact) mass is 489 g/mol. The smallest absolute Gasteiger partial charge is 0.323 e. The van der Waals surface area contributed by atoms with Crippen molar-refractivity contribution in [3.8, 4) is 5.75 Å². The molecule has 4 atom stereocenters. The van der Waals surface area contributed by atoms with Crippen molar-refractivity contribution in [1.82, 2.24) is 9.47 Å². The number of amides is 1. The molecule has 0 radical (unpaired) electrons. The number of fused-ring (bicyclic) bond motifs is 1. The third-order valence-electron chi connectivity index (χ3n) is 8.09. The molecule has 3 aliphatic rings. The second-order valence-corrected chi connectivity index (χ2v) is 10.3. The van der Waals surface area contributed by atoms with Gasteiger partial charge in [-0.05, 0) is 48.1 Å². The summed E-state index contributed by atoms with van der Waals surface area (Å²) in [7, 11) is 0. The van der Waals surface area contributed by atoms with Crippen LogP contribution in [0, 0.1) is 0 Å². The highest BCUT2D eigenvalue weighted by atomic mass is 16.5. The number of carboxylic acid groups (broad SMARTS) is 1. The topological polar surface area (TPSA) is 150 Å². The van der Waals surface area contributed by atoms with E-state index in [1.165, 1.54) is 0 Å². The summed E-state index contributed by atoms with van der Waals surface area (Å²) in [5, 5.41) is 10.6. The van der Waals surface area contributed by atoms with Crippen molar-refractivity contribution in [1.29, 1.82) is 0 Å². The summed E-state index contributed by atoms with van der Waals surface area (Å²) in [5.41, 5.74) is 23.1. The Balaban J connectivity index is 1.47. The maximum Gasteiger partial charge on any atom is 0.323 e. The summed E-state index contributed by atoms with van der Waals surface area (Å²) in [6, 6.07) is 12.8. The molecule has 2 aromatic carbocycles. The Morgan fingerprint density at radius 2 is 1.97 bits per heavy atom. The zero-order valence-electron chi connectivity index (χ0n) is 20.0. The Kier molecular flexibility index (Phi) is 5.33. The lowest BCUT2D eigenvalue weighted by Gasteiger charge is -2.38. The number of nitrogens with zero attached hydrogens (tertiary/aromatic N) is 2. The molecular weight excluding hydrogens is 458 g/mol. The summed E-state index contributed by atoms with van der Waals surface area (Å²) in [5.74, 6) is -0.815. The first-order valence-corrected chi connectivity index (χ1v) is 12.5. The zero-order valence-corrected chi connectivity index (χ0v) is 20.0. The number of nitrogens with two attached hydrogens (primary N) is 3. The largest absolute Gasteiger partial charge is 0.493 e.